The van der Waals surface area contributed by atoms with Gasteiger partial charge in [0.1, 0.15) is 12.4 Å². The van der Waals surface area contributed by atoms with Crippen molar-refractivity contribution in [3.8, 4) is 5.75 Å². The standard InChI is InChI=1S/C18H24N2O/c1-14-7-5-9-16(12-20-18(2,3)4)17(14)21-13-15-8-6-10-19-11-15/h5-11,20H,12-13H2,1-4H3. The third kappa shape index (κ3) is 4.87. The summed E-state index contributed by atoms with van der Waals surface area (Å²) in [6.45, 7) is 9.92. The zero-order chi connectivity index (χ0) is 15.3. The zero-order valence-corrected chi connectivity index (χ0v) is 13.3. The molecule has 0 aliphatic rings. The molecule has 1 aromatic carbocycles. The zero-order valence-electron chi connectivity index (χ0n) is 13.3. The molecule has 0 atom stereocenters. The number of nitrogens with one attached hydrogen (secondary N) is 1. The Morgan fingerprint density at radius 3 is 2.62 bits per heavy atom. The summed E-state index contributed by atoms with van der Waals surface area (Å²) in [7, 11) is 0. The minimum absolute atomic E-state index is 0.0877. The van der Waals surface area contributed by atoms with Crippen LogP contribution in [0.2, 0.25) is 0 Å². The Kier molecular flexibility index (Phi) is 4.97. The van der Waals surface area contributed by atoms with E-state index >= 15 is 0 Å². The first-order valence-electron chi connectivity index (χ1n) is 7.31. The van der Waals surface area contributed by atoms with Gasteiger partial charge in [-0.2, -0.15) is 0 Å². The van der Waals surface area contributed by atoms with Crippen LogP contribution < -0.4 is 10.1 Å². The maximum atomic E-state index is 6.04. The van der Waals surface area contributed by atoms with Crippen molar-refractivity contribution in [3.63, 3.8) is 0 Å². The fourth-order valence-electron chi connectivity index (χ4n) is 2.06. The van der Waals surface area contributed by atoms with Gasteiger partial charge in [0.15, 0.2) is 0 Å². The molecule has 0 bridgehead atoms. The van der Waals surface area contributed by atoms with Crippen LogP contribution in [0.25, 0.3) is 0 Å². The third-order valence-electron chi connectivity index (χ3n) is 3.21. The van der Waals surface area contributed by atoms with Crippen molar-refractivity contribution in [1.29, 1.82) is 0 Å². The molecule has 1 aromatic heterocycles. The van der Waals surface area contributed by atoms with Crippen molar-refractivity contribution in [2.75, 3.05) is 0 Å². The van der Waals surface area contributed by atoms with E-state index < -0.39 is 0 Å². The molecule has 1 N–H and O–H groups in total. The van der Waals surface area contributed by atoms with Crippen LogP contribution in [0.5, 0.6) is 5.75 Å². The maximum Gasteiger partial charge on any atom is 0.127 e. The smallest absolute Gasteiger partial charge is 0.127 e. The Labute approximate surface area is 127 Å². The van der Waals surface area contributed by atoms with Gasteiger partial charge in [0.05, 0.1) is 0 Å². The summed E-state index contributed by atoms with van der Waals surface area (Å²) in [5.41, 5.74) is 3.51. The van der Waals surface area contributed by atoms with E-state index in [1.54, 1.807) is 6.20 Å². The van der Waals surface area contributed by atoms with E-state index in [9.17, 15) is 0 Å². The molecule has 112 valence electrons. The van der Waals surface area contributed by atoms with Crippen molar-refractivity contribution in [2.24, 2.45) is 0 Å². The predicted octanol–water partition coefficient (Wildman–Crippen LogP) is 3.86. The van der Waals surface area contributed by atoms with E-state index in [0.29, 0.717) is 6.61 Å². The van der Waals surface area contributed by atoms with Gasteiger partial charge in [-0.05, 0) is 39.3 Å². The highest BCUT2D eigenvalue weighted by Gasteiger charge is 2.12. The van der Waals surface area contributed by atoms with Gasteiger partial charge < -0.3 is 10.1 Å². The van der Waals surface area contributed by atoms with Crippen LogP contribution in [-0.2, 0) is 13.2 Å². The third-order valence-corrected chi connectivity index (χ3v) is 3.21. The fraction of sp³-hybridized carbons (Fsp3) is 0.389. The Morgan fingerprint density at radius 2 is 1.95 bits per heavy atom. The van der Waals surface area contributed by atoms with Crippen LogP contribution in [-0.4, -0.2) is 10.5 Å². The minimum atomic E-state index is 0.0877. The SMILES string of the molecule is Cc1cccc(CNC(C)(C)C)c1OCc1cccnc1. The molecule has 3 heteroatoms. The number of hydrogen-bond acceptors (Lipinski definition) is 3. The van der Waals surface area contributed by atoms with Gasteiger partial charge in [0, 0.05) is 35.6 Å². The van der Waals surface area contributed by atoms with Crippen LogP contribution >= 0.6 is 0 Å². The Hall–Kier alpha value is -1.87. The van der Waals surface area contributed by atoms with Gasteiger partial charge in [0.2, 0.25) is 0 Å². The molecule has 0 saturated heterocycles. The first kappa shape index (κ1) is 15.5. The van der Waals surface area contributed by atoms with Crippen molar-refractivity contribution < 1.29 is 4.74 Å². The summed E-state index contributed by atoms with van der Waals surface area (Å²) in [5.74, 6) is 0.970. The molecule has 2 aromatic rings. The monoisotopic (exact) mass is 284 g/mol. The van der Waals surface area contributed by atoms with Crippen LogP contribution in [0.15, 0.2) is 42.7 Å². The summed E-state index contributed by atoms with van der Waals surface area (Å²) < 4.78 is 6.04. The Balaban J connectivity index is 2.10. The number of para-hydroxylation sites is 1. The summed E-state index contributed by atoms with van der Waals surface area (Å²) in [4.78, 5) is 4.12. The van der Waals surface area contributed by atoms with E-state index in [0.717, 1.165) is 23.4 Å². The van der Waals surface area contributed by atoms with Crippen molar-refractivity contribution in [2.45, 2.75) is 46.4 Å². The van der Waals surface area contributed by atoms with Crippen LogP contribution in [0, 0.1) is 6.92 Å². The molecule has 2 rings (SSSR count). The number of aromatic nitrogens is 1. The lowest BCUT2D eigenvalue weighted by Gasteiger charge is -2.22. The molecule has 0 unspecified atom stereocenters. The topological polar surface area (TPSA) is 34.1 Å². The van der Waals surface area contributed by atoms with Gasteiger partial charge in [-0.1, -0.05) is 24.3 Å². The van der Waals surface area contributed by atoms with Crippen LogP contribution in [0.4, 0.5) is 0 Å². The highest BCUT2D eigenvalue weighted by molar-refractivity contribution is 5.41. The minimum Gasteiger partial charge on any atom is -0.488 e. The summed E-state index contributed by atoms with van der Waals surface area (Å²) >= 11 is 0. The molecule has 0 aliphatic heterocycles. The number of pyridine rings is 1. The number of nitrogens with zero attached hydrogens (tertiary/aromatic N) is 1. The molecule has 0 amide bonds. The van der Waals surface area contributed by atoms with E-state index in [-0.39, 0.29) is 5.54 Å². The molecule has 0 aliphatic carbocycles. The first-order valence-corrected chi connectivity index (χ1v) is 7.31. The molecule has 21 heavy (non-hydrogen) atoms. The predicted molar refractivity (Wildman–Crippen MR) is 86.3 cm³/mol. The normalized spacial score (nSPS) is 11.4. The second kappa shape index (κ2) is 6.72. The summed E-state index contributed by atoms with van der Waals surface area (Å²) in [5, 5.41) is 3.51. The molecule has 0 saturated carbocycles. The van der Waals surface area contributed by atoms with E-state index in [2.05, 4.69) is 56.2 Å². The maximum absolute atomic E-state index is 6.04. The molecule has 1 heterocycles. The van der Waals surface area contributed by atoms with Gasteiger partial charge in [-0.15, -0.1) is 0 Å². The van der Waals surface area contributed by atoms with Gasteiger partial charge in [0.25, 0.3) is 0 Å². The average Bonchev–Trinajstić information content (AvgIpc) is 2.44. The molecule has 0 spiro atoms. The average molecular weight is 284 g/mol. The van der Waals surface area contributed by atoms with Crippen molar-refractivity contribution >= 4 is 0 Å². The molecule has 0 fully saturated rings. The highest BCUT2D eigenvalue weighted by atomic mass is 16.5. The Bertz CT molecular complexity index is 574. The van der Waals surface area contributed by atoms with Gasteiger partial charge in [-0.25, -0.2) is 0 Å². The number of hydrogen-bond donors (Lipinski definition) is 1. The molecule has 3 nitrogen and oxygen atoms in total. The lowest BCUT2D eigenvalue weighted by Crippen LogP contribution is -2.35. The van der Waals surface area contributed by atoms with Gasteiger partial charge in [-0.3, -0.25) is 4.98 Å². The largest absolute Gasteiger partial charge is 0.488 e. The fourth-order valence-corrected chi connectivity index (χ4v) is 2.06. The van der Waals surface area contributed by atoms with Gasteiger partial charge >= 0.3 is 0 Å². The van der Waals surface area contributed by atoms with E-state index in [4.69, 9.17) is 4.74 Å². The van der Waals surface area contributed by atoms with E-state index in [1.165, 1.54) is 5.56 Å². The lowest BCUT2D eigenvalue weighted by atomic mass is 10.1. The van der Waals surface area contributed by atoms with E-state index in [1.807, 2.05) is 18.3 Å². The second-order valence-electron chi connectivity index (χ2n) is 6.32. The highest BCUT2D eigenvalue weighted by Crippen LogP contribution is 2.25. The molecule has 0 radical (unpaired) electrons. The second-order valence-corrected chi connectivity index (χ2v) is 6.32. The summed E-state index contributed by atoms with van der Waals surface area (Å²) in [6, 6.07) is 10.2. The quantitative estimate of drug-likeness (QED) is 0.905. The number of benzene rings is 1. The molecular weight excluding hydrogens is 260 g/mol. The first-order chi connectivity index (χ1) is 9.96. The van der Waals surface area contributed by atoms with Crippen molar-refractivity contribution in [1.82, 2.24) is 10.3 Å². The van der Waals surface area contributed by atoms with Crippen LogP contribution in [0.1, 0.15) is 37.5 Å². The lowest BCUT2D eigenvalue weighted by molar-refractivity contribution is 0.297. The Morgan fingerprint density at radius 1 is 1.14 bits per heavy atom. The number of ether oxygens (including phenoxy) is 1. The van der Waals surface area contributed by atoms with Crippen molar-refractivity contribution in [3.05, 3.63) is 59.4 Å². The summed E-state index contributed by atoms with van der Waals surface area (Å²) in [6.07, 6.45) is 3.61. The molecular formula is C18H24N2O. The number of aryl methyl sites for hydroxylation is 1. The number of rotatable bonds is 5. The van der Waals surface area contributed by atoms with Crippen LogP contribution in [0.3, 0.4) is 0 Å².